The van der Waals surface area contributed by atoms with Crippen molar-refractivity contribution in [1.82, 2.24) is 0 Å². The molecule has 0 unspecified atom stereocenters. The van der Waals surface area contributed by atoms with E-state index in [9.17, 15) is 0 Å². The fourth-order valence-electron chi connectivity index (χ4n) is 1.58. The third kappa shape index (κ3) is 1.40. The Kier molecular flexibility index (Phi) is 2.39. The number of allylic oxidation sites excluding steroid dienone is 2. The number of rotatable bonds is 2. The summed E-state index contributed by atoms with van der Waals surface area (Å²) in [5.74, 6) is 0. The average Bonchev–Trinajstić information content (AvgIpc) is 2.36. The normalized spacial score (nSPS) is 22.9. The molecule has 0 fully saturated rings. The second-order valence-corrected chi connectivity index (χ2v) is 14.1. The molecule has 0 radical (unpaired) electrons. The molecule has 0 N–H and O–H groups in total. The van der Waals surface area contributed by atoms with E-state index >= 15 is 0 Å². The molecule has 0 bridgehead atoms. The summed E-state index contributed by atoms with van der Waals surface area (Å²) >= 11 is -1.17. The minimum atomic E-state index is -1.17. The SMILES string of the molecule is C[CH2][Ge]1([CH2]C)[CH2]C=C[CH2]1. The summed E-state index contributed by atoms with van der Waals surface area (Å²) in [5, 5.41) is 6.08. The fraction of sp³-hybridized carbons (Fsp3) is 0.750. The number of hydrogen-bond donors (Lipinski definition) is 0. The molecule has 1 aliphatic rings. The van der Waals surface area contributed by atoms with Crippen LogP contribution in [0.25, 0.3) is 0 Å². The molecule has 0 saturated carbocycles. The maximum absolute atomic E-state index is 2.41. The van der Waals surface area contributed by atoms with Gasteiger partial charge in [-0.15, -0.1) is 0 Å². The van der Waals surface area contributed by atoms with Crippen LogP contribution in [-0.4, -0.2) is 13.3 Å². The summed E-state index contributed by atoms with van der Waals surface area (Å²) in [4.78, 5) is 0. The molecular weight excluding hydrogens is 169 g/mol. The molecule has 0 amide bonds. The van der Waals surface area contributed by atoms with Gasteiger partial charge in [-0.2, -0.15) is 0 Å². The average molecular weight is 185 g/mol. The van der Waals surface area contributed by atoms with E-state index in [0.29, 0.717) is 0 Å². The van der Waals surface area contributed by atoms with E-state index in [-0.39, 0.29) is 0 Å². The zero-order chi connectivity index (χ0) is 6.74. The molecule has 1 heteroatoms. The Morgan fingerprint density at radius 3 is 1.78 bits per heavy atom. The Hall–Kier alpha value is 0.283. The van der Waals surface area contributed by atoms with E-state index < -0.39 is 13.3 Å². The van der Waals surface area contributed by atoms with Crippen molar-refractivity contribution >= 4 is 13.3 Å². The van der Waals surface area contributed by atoms with Crippen LogP contribution in [0.3, 0.4) is 0 Å². The van der Waals surface area contributed by atoms with Gasteiger partial charge < -0.3 is 0 Å². The van der Waals surface area contributed by atoms with Crippen LogP contribution in [-0.2, 0) is 0 Å². The van der Waals surface area contributed by atoms with Crippen LogP contribution in [0.1, 0.15) is 13.8 Å². The fourth-order valence-corrected chi connectivity index (χ4v) is 8.20. The van der Waals surface area contributed by atoms with Crippen molar-refractivity contribution in [3.63, 3.8) is 0 Å². The molecule has 0 aromatic carbocycles. The summed E-state index contributed by atoms with van der Waals surface area (Å²) in [7, 11) is 0. The van der Waals surface area contributed by atoms with Crippen LogP contribution < -0.4 is 0 Å². The summed E-state index contributed by atoms with van der Waals surface area (Å²) in [6, 6.07) is 0. The molecular formula is C8H16Ge. The van der Waals surface area contributed by atoms with Gasteiger partial charge >= 0.3 is 60.3 Å². The molecule has 0 atom stereocenters. The summed E-state index contributed by atoms with van der Waals surface area (Å²) in [6.07, 6.45) is 4.82. The van der Waals surface area contributed by atoms with E-state index in [1.165, 1.54) is 21.0 Å². The van der Waals surface area contributed by atoms with Crippen LogP contribution in [0.4, 0.5) is 0 Å². The molecule has 52 valence electrons. The van der Waals surface area contributed by atoms with Crippen molar-refractivity contribution in [3.05, 3.63) is 12.2 Å². The molecule has 0 aromatic rings. The van der Waals surface area contributed by atoms with Crippen molar-refractivity contribution < 1.29 is 0 Å². The zero-order valence-electron chi connectivity index (χ0n) is 6.48. The molecule has 0 spiro atoms. The second kappa shape index (κ2) is 2.91. The Bertz CT molecular complexity index is 102. The molecule has 0 nitrogen and oxygen atoms in total. The summed E-state index contributed by atoms with van der Waals surface area (Å²) in [6.45, 7) is 4.77. The standard InChI is InChI=1S/C8H16Ge/c1-3-9(4-2)7-5-6-8-9/h5-6H,3-4,7-8H2,1-2H3. The van der Waals surface area contributed by atoms with Crippen molar-refractivity contribution in [2.75, 3.05) is 0 Å². The van der Waals surface area contributed by atoms with Crippen LogP contribution in [0.15, 0.2) is 12.2 Å². The second-order valence-electron chi connectivity index (χ2n) is 3.09. The van der Waals surface area contributed by atoms with Gasteiger partial charge in [0.25, 0.3) is 0 Å². The van der Waals surface area contributed by atoms with Crippen molar-refractivity contribution in [1.29, 1.82) is 0 Å². The van der Waals surface area contributed by atoms with E-state index in [1.807, 2.05) is 0 Å². The van der Waals surface area contributed by atoms with E-state index in [1.54, 1.807) is 0 Å². The Balaban J connectivity index is 2.50. The summed E-state index contributed by atoms with van der Waals surface area (Å²) in [5.41, 5.74) is 0. The molecule has 1 rings (SSSR count). The third-order valence-corrected chi connectivity index (χ3v) is 13.7. The predicted octanol–water partition coefficient (Wildman–Crippen LogP) is 3.04. The first-order valence-electron chi connectivity index (χ1n) is 3.98. The van der Waals surface area contributed by atoms with E-state index in [0.717, 1.165) is 0 Å². The first-order chi connectivity index (χ1) is 4.33. The topological polar surface area (TPSA) is 0 Å². The maximum atomic E-state index is 2.41. The van der Waals surface area contributed by atoms with E-state index in [2.05, 4.69) is 26.0 Å². The number of hydrogen-bond acceptors (Lipinski definition) is 0. The molecule has 0 aliphatic carbocycles. The Labute approximate surface area is 60.7 Å². The molecule has 0 aromatic heterocycles. The van der Waals surface area contributed by atoms with Crippen molar-refractivity contribution in [3.8, 4) is 0 Å². The predicted molar refractivity (Wildman–Crippen MR) is 45.5 cm³/mol. The first kappa shape index (κ1) is 7.39. The van der Waals surface area contributed by atoms with Crippen molar-refractivity contribution in [2.45, 2.75) is 34.9 Å². The van der Waals surface area contributed by atoms with Gasteiger partial charge in [-0.05, 0) is 0 Å². The van der Waals surface area contributed by atoms with Gasteiger partial charge in [0, 0.05) is 0 Å². The van der Waals surface area contributed by atoms with Gasteiger partial charge in [-0.3, -0.25) is 0 Å². The molecule has 0 saturated heterocycles. The van der Waals surface area contributed by atoms with Gasteiger partial charge in [0.15, 0.2) is 0 Å². The zero-order valence-corrected chi connectivity index (χ0v) is 8.58. The first-order valence-corrected chi connectivity index (χ1v) is 9.91. The molecule has 1 heterocycles. The van der Waals surface area contributed by atoms with Gasteiger partial charge in [-0.1, -0.05) is 0 Å². The van der Waals surface area contributed by atoms with Crippen LogP contribution in [0.2, 0.25) is 21.0 Å². The monoisotopic (exact) mass is 186 g/mol. The van der Waals surface area contributed by atoms with Crippen LogP contribution >= 0.6 is 0 Å². The van der Waals surface area contributed by atoms with Gasteiger partial charge in [0.1, 0.15) is 0 Å². The quantitative estimate of drug-likeness (QED) is 0.457. The van der Waals surface area contributed by atoms with Crippen LogP contribution in [0.5, 0.6) is 0 Å². The third-order valence-electron chi connectivity index (χ3n) is 2.77. The van der Waals surface area contributed by atoms with Crippen molar-refractivity contribution in [2.24, 2.45) is 0 Å². The van der Waals surface area contributed by atoms with Gasteiger partial charge in [0.05, 0.1) is 0 Å². The van der Waals surface area contributed by atoms with Gasteiger partial charge in [-0.25, -0.2) is 0 Å². The Morgan fingerprint density at radius 2 is 1.56 bits per heavy atom. The molecule has 1 aliphatic heterocycles. The Morgan fingerprint density at radius 1 is 1.11 bits per heavy atom. The van der Waals surface area contributed by atoms with E-state index in [4.69, 9.17) is 0 Å². The summed E-state index contributed by atoms with van der Waals surface area (Å²) < 4.78 is 0. The van der Waals surface area contributed by atoms with Gasteiger partial charge in [0.2, 0.25) is 0 Å². The van der Waals surface area contributed by atoms with Crippen LogP contribution in [0, 0.1) is 0 Å². The molecule has 9 heavy (non-hydrogen) atoms. The minimum absolute atomic E-state index is 1.17.